The zero-order chi connectivity index (χ0) is 20.4. The Balaban J connectivity index is 1.60. The number of anilines is 1. The summed E-state index contributed by atoms with van der Waals surface area (Å²) in [6, 6.07) is 6.00. The number of rotatable bonds is 4. The van der Waals surface area contributed by atoms with Crippen LogP contribution in [0, 0.1) is 5.82 Å². The number of benzene rings is 1. The van der Waals surface area contributed by atoms with E-state index in [0.29, 0.717) is 17.7 Å². The van der Waals surface area contributed by atoms with Gasteiger partial charge in [0.25, 0.3) is 10.0 Å². The van der Waals surface area contributed by atoms with Crippen molar-refractivity contribution in [1.29, 1.82) is 0 Å². The van der Waals surface area contributed by atoms with Crippen LogP contribution < -0.4 is 9.46 Å². The van der Waals surface area contributed by atoms with Gasteiger partial charge in [0, 0.05) is 21.0 Å². The molecule has 1 fully saturated rings. The molecule has 0 unspecified atom stereocenters. The maximum Gasteiger partial charge on any atom is 0.269 e. The quantitative estimate of drug-likeness (QED) is 0.606. The zero-order valence-electron chi connectivity index (χ0n) is 15.2. The van der Waals surface area contributed by atoms with Gasteiger partial charge in [0.05, 0.1) is 19.5 Å². The molecule has 0 atom stereocenters. The average Bonchev–Trinajstić information content (AvgIpc) is 3.34. The lowest BCUT2D eigenvalue weighted by atomic mass is 9.79. The highest BCUT2D eigenvalue weighted by atomic mass is 79.9. The van der Waals surface area contributed by atoms with Gasteiger partial charge in [0.1, 0.15) is 0 Å². The topological polar surface area (TPSA) is 94.3 Å². The standard InChI is InChI=1S/C19H15BrFN3O4S/c1-27-15-9-22-8-14(21)17(15)29(25,26)24-18-12-7-19(4-5-19)13-3-2-10(20)6-11(13)16(12)28-23-18/h2-3,6,8-9H,4-5,7H2,1H3,(H,23,24). The number of fused-ring (bicyclic) bond motifs is 4. The molecule has 0 bridgehead atoms. The highest BCUT2D eigenvalue weighted by Crippen LogP contribution is 2.58. The minimum Gasteiger partial charge on any atom is -0.494 e. The van der Waals surface area contributed by atoms with Crippen LogP contribution in [0.5, 0.6) is 5.75 Å². The summed E-state index contributed by atoms with van der Waals surface area (Å²) in [6.45, 7) is 0. The van der Waals surface area contributed by atoms with Crippen LogP contribution in [0.25, 0.3) is 11.3 Å². The fourth-order valence-electron chi connectivity index (χ4n) is 3.95. The van der Waals surface area contributed by atoms with E-state index in [1.807, 2.05) is 12.1 Å². The molecule has 3 aromatic rings. The van der Waals surface area contributed by atoms with Crippen molar-refractivity contribution in [2.45, 2.75) is 29.6 Å². The van der Waals surface area contributed by atoms with Gasteiger partial charge in [-0.1, -0.05) is 27.2 Å². The van der Waals surface area contributed by atoms with Crippen molar-refractivity contribution >= 4 is 31.8 Å². The predicted octanol–water partition coefficient (Wildman–Crippen LogP) is 4.04. The molecule has 29 heavy (non-hydrogen) atoms. The largest absolute Gasteiger partial charge is 0.494 e. The second-order valence-electron chi connectivity index (χ2n) is 7.24. The molecular formula is C19H15BrFN3O4S. The zero-order valence-corrected chi connectivity index (χ0v) is 17.6. The van der Waals surface area contributed by atoms with E-state index in [4.69, 9.17) is 9.26 Å². The molecule has 150 valence electrons. The van der Waals surface area contributed by atoms with E-state index in [0.717, 1.165) is 35.3 Å². The van der Waals surface area contributed by atoms with E-state index in [9.17, 15) is 12.8 Å². The third-order valence-electron chi connectivity index (χ3n) is 5.49. The number of pyridine rings is 1. The minimum atomic E-state index is -4.31. The highest BCUT2D eigenvalue weighted by Gasteiger charge is 2.50. The molecule has 2 heterocycles. The van der Waals surface area contributed by atoms with Crippen LogP contribution >= 0.6 is 15.9 Å². The molecule has 0 aliphatic heterocycles. The molecule has 2 aliphatic carbocycles. The molecule has 2 aliphatic rings. The number of sulfonamides is 1. The maximum absolute atomic E-state index is 14.3. The van der Waals surface area contributed by atoms with Gasteiger partial charge < -0.3 is 9.26 Å². The lowest BCUT2D eigenvalue weighted by Crippen LogP contribution is -2.20. The van der Waals surface area contributed by atoms with E-state index in [1.54, 1.807) is 0 Å². The van der Waals surface area contributed by atoms with Gasteiger partial charge in [-0.2, -0.15) is 0 Å². The molecule has 1 spiro atoms. The lowest BCUT2D eigenvalue weighted by molar-refractivity contribution is 0.392. The van der Waals surface area contributed by atoms with Crippen molar-refractivity contribution in [2.24, 2.45) is 0 Å². The number of hydrogen-bond donors (Lipinski definition) is 1. The van der Waals surface area contributed by atoms with Crippen molar-refractivity contribution in [3.63, 3.8) is 0 Å². The second-order valence-corrected chi connectivity index (χ2v) is 9.78. The van der Waals surface area contributed by atoms with Gasteiger partial charge in [-0.25, -0.2) is 12.8 Å². The summed E-state index contributed by atoms with van der Waals surface area (Å²) in [6.07, 6.45) is 4.58. The third kappa shape index (κ3) is 2.84. The Morgan fingerprint density at radius 3 is 2.83 bits per heavy atom. The first kappa shape index (κ1) is 18.6. The lowest BCUT2D eigenvalue weighted by Gasteiger charge is -2.24. The second kappa shape index (κ2) is 6.27. The molecule has 5 rings (SSSR count). The van der Waals surface area contributed by atoms with E-state index >= 15 is 0 Å². The van der Waals surface area contributed by atoms with Gasteiger partial charge in [0.2, 0.25) is 0 Å². The van der Waals surface area contributed by atoms with E-state index < -0.39 is 20.7 Å². The van der Waals surface area contributed by atoms with E-state index in [2.05, 4.69) is 36.9 Å². The fraction of sp³-hybridized carbons (Fsp3) is 0.263. The Kier molecular flexibility index (Phi) is 4.01. The van der Waals surface area contributed by atoms with Gasteiger partial charge >= 0.3 is 0 Å². The van der Waals surface area contributed by atoms with Crippen molar-refractivity contribution in [1.82, 2.24) is 10.1 Å². The fourth-order valence-corrected chi connectivity index (χ4v) is 5.54. The number of nitrogens with one attached hydrogen (secondary N) is 1. The van der Waals surface area contributed by atoms with Crippen LogP contribution in [0.4, 0.5) is 10.2 Å². The summed E-state index contributed by atoms with van der Waals surface area (Å²) >= 11 is 3.48. The Bertz CT molecular complexity index is 1250. The summed E-state index contributed by atoms with van der Waals surface area (Å²) in [5.41, 5.74) is 2.71. The summed E-state index contributed by atoms with van der Waals surface area (Å²) < 4.78 is 53.9. The van der Waals surface area contributed by atoms with Crippen molar-refractivity contribution < 1.29 is 22.1 Å². The molecular weight excluding hydrogens is 465 g/mol. The summed E-state index contributed by atoms with van der Waals surface area (Å²) in [5, 5.41) is 3.96. The molecule has 0 amide bonds. The Morgan fingerprint density at radius 2 is 2.10 bits per heavy atom. The van der Waals surface area contributed by atoms with Gasteiger partial charge in [0.15, 0.2) is 28.0 Å². The molecule has 1 N–H and O–H groups in total. The molecule has 0 saturated heterocycles. The van der Waals surface area contributed by atoms with Crippen molar-refractivity contribution in [3.8, 4) is 17.1 Å². The molecule has 1 aromatic carbocycles. The van der Waals surface area contributed by atoms with Gasteiger partial charge in [-0.05, 0) is 37.0 Å². The van der Waals surface area contributed by atoms with Crippen LogP contribution in [0.15, 0.2) is 44.5 Å². The first-order chi connectivity index (χ1) is 13.8. The number of halogens is 2. The third-order valence-corrected chi connectivity index (χ3v) is 7.38. The number of aromatic nitrogens is 2. The monoisotopic (exact) mass is 479 g/mol. The van der Waals surface area contributed by atoms with Crippen LogP contribution in [0.1, 0.15) is 24.0 Å². The normalized spacial score (nSPS) is 16.2. The first-order valence-corrected chi connectivity index (χ1v) is 11.1. The molecule has 2 aromatic heterocycles. The Labute approximate surface area is 174 Å². The Hall–Kier alpha value is -2.46. The van der Waals surface area contributed by atoms with Crippen molar-refractivity contribution in [3.05, 3.63) is 52.0 Å². The highest BCUT2D eigenvalue weighted by molar-refractivity contribution is 9.10. The van der Waals surface area contributed by atoms with Gasteiger partial charge in [-0.3, -0.25) is 9.71 Å². The number of nitrogens with zero attached hydrogens (tertiary/aromatic N) is 2. The molecule has 0 radical (unpaired) electrons. The summed E-state index contributed by atoms with van der Waals surface area (Å²) in [4.78, 5) is 3.01. The summed E-state index contributed by atoms with van der Waals surface area (Å²) in [7, 11) is -3.07. The maximum atomic E-state index is 14.3. The molecule has 10 heteroatoms. The minimum absolute atomic E-state index is 0.0333. The summed E-state index contributed by atoms with van der Waals surface area (Å²) in [5.74, 6) is -0.612. The van der Waals surface area contributed by atoms with Crippen LogP contribution in [0.3, 0.4) is 0 Å². The van der Waals surface area contributed by atoms with Crippen LogP contribution in [-0.2, 0) is 21.9 Å². The van der Waals surface area contributed by atoms with Crippen LogP contribution in [0.2, 0.25) is 0 Å². The SMILES string of the molecule is COc1cncc(F)c1S(=O)(=O)Nc1noc2c1CC1(CC1)c1ccc(Br)cc1-2. The number of hydrogen-bond acceptors (Lipinski definition) is 6. The van der Waals surface area contributed by atoms with Crippen LogP contribution in [-0.4, -0.2) is 25.7 Å². The predicted molar refractivity (Wildman–Crippen MR) is 106 cm³/mol. The van der Waals surface area contributed by atoms with Crippen molar-refractivity contribution in [2.75, 3.05) is 11.8 Å². The Morgan fingerprint density at radius 1 is 1.31 bits per heavy atom. The molecule has 7 nitrogen and oxygen atoms in total. The van der Waals surface area contributed by atoms with E-state index in [1.165, 1.54) is 12.7 Å². The molecule has 1 saturated carbocycles. The number of methoxy groups -OCH3 is 1. The first-order valence-electron chi connectivity index (χ1n) is 8.84. The smallest absolute Gasteiger partial charge is 0.269 e. The van der Waals surface area contributed by atoms with E-state index in [-0.39, 0.29) is 17.0 Å². The average molecular weight is 480 g/mol. The van der Waals surface area contributed by atoms with Gasteiger partial charge in [-0.15, -0.1) is 0 Å². The number of ether oxygens (including phenoxy) is 1.